The molecule has 2 N–H and O–H groups in total. The highest BCUT2D eigenvalue weighted by molar-refractivity contribution is 7.98. The number of nitrogens with one attached hydrogen (secondary N) is 1. The number of carbonyl (C=O) groups excluding carboxylic acids is 1. The summed E-state index contributed by atoms with van der Waals surface area (Å²) in [6, 6.07) is 9.12. The maximum absolute atomic E-state index is 13.1. The number of ether oxygens (including phenoxy) is 2. The van der Waals surface area contributed by atoms with Gasteiger partial charge in [-0.15, -0.1) is 5.10 Å². The summed E-state index contributed by atoms with van der Waals surface area (Å²) >= 11 is 7.62. The second-order valence-corrected chi connectivity index (χ2v) is 9.44. The first kappa shape index (κ1) is 26.3. The van der Waals surface area contributed by atoms with Crippen LogP contribution in [0.15, 0.2) is 52.8 Å². The maximum atomic E-state index is 13.1. The second-order valence-electron chi connectivity index (χ2n) is 8.09. The van der Waals surface area contributed by atoms with Gasteiger partial charge in [-0.25, -0.2) is 9.48 Å². The van der Waals surface area contributed by atoms with Gasteiger partial charge in [0.1, 0.15) is 6.04 Å². The molecule has 1 aliphatic heterocycles. The summed E-state index contributed by atoms with van der Waals surface area (Å²) in [4.78, 5) is 28.6. The number of benzene rings is 2. The molecule has 0 aliphatic carbocycles. The molecule has 1 unspecified atom stereocenters. The number of rotatable bonds is 9. The number of esters is 1. The van der Waals surface area contributed by atoms with Crippen LogP contribution < -0.4 is 10.1 Å². The Bertz CT molecular complexity index is 1390. The van der Waals surface area contributed by atoms with Crippen molar-refractivity contribution in [1.29, 1.82) is 0 Å². The van der Waals surface area contributed by atoms with Crippen molar-refractivity contribution < 1.29 is 24.3 Å². The minimum absolute atomic E-state index is 0.114. The lowest BCUT2D eigenvalue weighted by Crippen LogP contribution is -2.30. The van der Waals surface area contributed by atoms with Crippen molar-refractivity contribution in [3.05, 3.63) is 73.9 Å². The Morgan fingerprint density at radius 2 is 2.11 bits per heavy atom. The van der Waals surface area contributed by atoms with Crippen LogP contribution in [0.1, 0.15) is 37.4 Å². The molecular weight excluding hydrogens is 522 g/mol. The van der Waals surface area contributed by atoms with E-state index in [2.05, 4.69) is 15.4 Å². The lowest BCUT2D eigenvalue weighted by molar-refractivity contribution is -0.386. The van der Waals surface area contributed by atoms with Crippen LogP contribution >= 0.6 is 23.4 Å². The van der Waals surface area contributed by atoms with E-state index in [1.807, 2.05) is 25.1 Å². The highest BCUT2D eigenvalue weighted by Crippen LogP contribution is 2.43. The Kier molecular flexibility index (Phi) is 7.89. The number of nitrogens with zero attached hydrogens (tertiary/aromatic N) is 4. The summed E-state index contributed by atoms with van der Waals surface area (Å²) in [5, 5.41) is 30.7. The quantitative estimate of drug-likeness (QED) is 0.161. The zero-order valence-corrected chi connectivity index (χ0v) is 21.8. The molecule has 0 saturated carbocycles. The minimum Gasteiger partial charge on any atom is -0.500 e. The topological polar surface area (TPSA) is 142 Å². The lowest BCUT2D eigenvalue weighted by Gasteiger charge is -2.28. The number of nitro groups is 1. The maximum Gasteiger partial charge on any atom is 0.338 e. The Labute approximate surface area is 221 Å². The fraction of sp³-hybridized carbons (Fsp3) is 0.292. The van der Waals surface area contributed by atoms with Gasteiger partial charge in [-0.05, 0) is 36.6 Å². The van der Waals surface area contributed by atoms with Crippen LogP contribution in [-0.4, -0.2) is 44.5 Å². The molecule has 194 valence electrons. The van der Waals surface area contributed by atoms with E-state index in [9.17, 15) is 20.0 Å². The standard InChI is InChI=1S/C24H24ClN5O6S/c1-4-9-36-22(32)19-13(2)26-23-27-24(37-12-14-7-5-6-8-16(14)25)28-29(23)20(19)15-10-17(30(33)34)21(31)18(11-15)35-3/h5-8,10-11,20,31H,4,9,12H2,1-3H3,(H,26,27,28). The molecule has 0 radical (unpaired) electrons. The Morgan fingerprint density at radius 1 is 1.35 bits per heavy atom. The lowest BCUT2D eigenvalue weighted by atomic mass is 9.95. The van der Waals surface area contributed by atoms with Crippen molar-refractivity contribution in [2.45, 2.75) is 37.2 Å². The first-order valence-corrected chi connectivity index (χ1v) is 12.6. The van der Waals surface area contributed by atoms with Crippen molar-refractivity contribution in [3.8, 4) is 11.5 Å². The van der Waals surface area contributed by atoms with Gasteiger partial charge in [0.2, 0.25) is 16.9 Å². The number of thioether (sulfide) groups is 1. The van der Waals surface area contributed by atoms with Gasteiger partial charge in [-0.1, -0.05) is 48.5 Å². The summed E-state index contributed by atoms with van der Waals surface area (Å²) in [7, 11) is 1.28. The molecule has 13 heteroatoms. The van der Waals surface area contributed by atoms with E-state index in [-0.39, 0.29) is 17.9 Å². The zero-order valence-electron chi connectivity index (χ0n) is 20.2. The van der Waals surface area contributed by atoms with E-state index in [1.165, 1.54) is 35.7 Å². The first-order valence-electron chi connectivity index (χ1n) is 11.3. The van der Waals surface area contributed by atoms with Crippen LogP contribution in [-0.2, 0) is 15.3 Å². The number of aromatic nitrogens is 3. The molecular formula is C24H24ClN5O6S. The van der Waals surface area contributed by atoms with Crippen LogP contribution in [0.25, 0.3) is 0 Å². The van der Waals surface area contributed by atoms with E-state index >= 15 is 0 Å². The average Bonchev–Trinajstić information content (AvgIpc) is 3.28. The van der Waals surface area contributed by atoms with Crippen LogP contribution in [0.2, 0.25) is 5.02 Å². The number of phenols is 1. The van der Waals surface area contributed by atoms with Gasteiger partial charge in [0.05, 0.1) is 24.2 Å². The second kappa shape index (κ2) is 11.1. The molecule has 1 atom stereocenters. The molecule has 4 rings (SSSR count). The van der Waals surface area contributed by atoms with Gasteiger partial charge in [0, 0.05) is 22.5 Å². The van der Waals surface area contributed by atoms with E-state index in [1.54, 1.807) is 13.0 Å². The number of carbonyl (C=O) groups is 1. The molecule has 0 bridgehead atoms. The number of fused-ring (bicyclic) bond motifs is 1. The fourth-order valence-corrected chi connectivity index (χ4v) is 4.98. The molecule has 3 aromatic rings. The Hall–Kier alpha value is -3.77. The Balaban J connectivity index is 1.80. The summed E-state index contributed by atoms with van der Waals surface area (Å²) < 4.78 is 12.1. The highest BCUT2D eigenvalue weighted by atomic mass is 35.5. The summed E-state index contributed by atoms with van der Waals surface area (Å²) in [5.41, 5.74) is 1.30. The van der Waals surface area contributed by atoms with Gasteiger partial charge in [-0.2, -0.15) is 4.98 Å². The SMILES string of the molecule is CCCOC(=O)C1=C(C)Nc2nc(SCc3ccccc3Cl)nn2C1c1cc(OC)c(O)c([N+](=O)[O-])c1. The smallest absolute Gasteiger partial charge is 0.338 e. The molecule has 2 heterocycles. The number of hydrogen-bond acceptors (Lipinski definition) is 10. The van der Waals surface area contributed by atoms with E-state index < -0.39 is 28.4 Å². The number of aromatic hydroxyl groups is 1. The van der Waals surface area contributed by atoms with E-state index in [0.717, 1.165) is 5.56 Å². The van der Waals surface area contributed by atoms with E-state index in [0.29, 0.717) is 39.6 Å². The van der Waals surface area contributed by atoms with Crippen LogP contribution in [0.5, 0.6) is 11.5 Å². The summed E-state index contributed by atoms with van der Waals surface area (Å²) in [5.74, 6) is -0.485. The molecule has 0 saturated heterocycles. The van der Waals surface area contributed by atoms with Gasteiger partial charge in [0.15, 0.2) is 5.75 Å². The molecule has 11 nitrogen and oxygen atoms in total. The predicted molar refractivity (Wildman–Crippen MR) is 138 cm³/mol. The summed E-state index contributed by atoms with van der Waals surface area (Å²) in [6.07, 6.45) is 0.617. The van der Waals surface area contributed by atoms with Crippen molar-refractivity contribution in [2.24, 2.45) is 0 Å². The number of halogens is 1. The third-order valence-corrected chi connectivity index (χ3v) is 6.87. The van der Waals surface area contributed by atoms with Gasteiger partial charge < -0.3 is 19.9 Å². The number of phenolic OH excluding ortho intramolecular Hbond substituents is 1. The first-order chi connectivity index (χ1) is 17.7. The van der Waals surface area contributed by atoms with Crippen molar-refractivity contribution in [3.63, 3.8) is 0 Å². The number of anilines is 1. The van der Waals surface area contributed by atoms with Gasteiger partial charge >= 0.3 is 11.7 Å². The molecule has 2 aromatic carbocycles. The number of allylic oxidation sites excluding steroid dienone is 1. The number of methoxy groups -OCH3 is 1. The molecule has 0 spiro atoms. The predicted octanol–water partition coefficient (Wildman–Crippen LogP) is 5.09. The fourth-order valence-electron chi connectivity index (χ4n) is 3.86. The Morgan fingerprint density at radius 3 is 2.78 bits per heavy atom. The van der Waals surface area contributed by atoms with Gasteiger partial charge in [-0.3, -0.25) is 10.1 Å². The third-order valence-electron chi connectivity index (χ3n) is 5.61. The van der Waals surface area contributed by atoms with Gasteiger partial charge in [0.25, 0.3) is 0 Å². The molecule has 1 aliphatic rings. The van der Waals surface area contributed by atoms with Crippen molar-refractivity contribution in [2.75, 3.05) is 19.0 Å². The highest BCUT2D eigenvalue weighted by Gasteiger charge is 2.37. The molecule has 37 heavy (non-hydrogen) atoms. The van der Waals surface area contributed by atoms with Crippen LogP contribution in [0, 0.1) is 10.1 Å². The van der Waals surface area contributed by atoms with E-state index in [4.69, 9.17) is 21.1 Å². The van der Waals surface area contributed by atoms with Crippen molar-refractivity contribution in [1.82, 2.24) is 14.8 Å². The van der Waals surface area contributed by atoms with Crippen molar-refractivity contribution >= 4 is 41.0 Å². The molecule has 1 aromatic heterocycles. The molecule has 0 fully saturated rings. The minimum atomic E-state index is -0.934. The summed E-state index contributed by atoms with van der Waals surface area (Å²) in [6.45, 7) is 3.76. The van der Waals surface area contributed by atoms with Crippen LogP contribution in [0.3, 0.4) is 0 Å². The molecule has 0 amide bonds. The average molecular weight is 546 g/mol. The zero-order chi connectivity index (χ0) is 26.7. The number of nitro benzene ring substituents is 1. The van der Waals surface area contributed by atoms with Crippen LogP contribution in [0.4, 0.5) is 11.6 Å². The normalized spacial score (nSPS) is 14.6. The monoisotopic (exact) mass is 545 g/mol. The number of hydrogen-bond donors (Lipinski definition) is 2. The third kappa shape index (κ3) is 5.35. The largest absolute Gasteiger partial charge is 0.500 e.